The van der Waals surface area contributed by atoms with Gasteiger partial charge in [0.05, 0.1) is 6.61 Å². The number of aliphatic hydroxyl groups excluding tert-OH is 3. The summed E-state index contributed by atoms with van der Waals surface area (Å²) in [6.45, 7) is 0.389. The summed E-state index contributed by atoms with van der Waals surface area (Å²) in [5.74, 6) is -1.59. The van der Waals surface area contributed by atoms with E-state index in [1.165, 1.54) is 0 Å². The summed E-state index contributed by atoms with van der Waals surface area (Å²) in [6, 6.07) is 0. The molecule has 0 fully saturated rings. The first-order chi connectivity index (χ1) is 9.42. The number of hydrogen-bond acceptors (Lipinski definition) is 5. The molecule has 0 aliphatic rings. The largest absolute Gasteiger partial charge is 0.424 e. The van der Waals surface area contributed by atoms with Gasteiger partial charge in [0.1, 0.15) is 6.10 Å². The lowest BCUT2D eigenvalue weighted by atomic mass is 10.3. The highest BCUT2D eigenvalue weighted by Crippen LogP contribution is 2.71. The van der Waals surface area contributed by atoms with Crippen molar-refractivity contribution in [2.75, 3.05) is 18.9 Å². The van der Waals surface area contributed by atoms with Crippen molar-refractivity contribution in [1.82, 2.24) is 0 Å². The minimum Gasteiger partial charge on any atom is -0.393 e. The fraction of sp³-hybridized carbons (Fsp3) is 1.00. The van der Waals surface area contributed by atoms with Crippen LogP contribution in [0.4, 0.5) is 0 Å². The first-order valence-electron chi connectivity index (χ1n) is 7.44. The Kier molecular flexibility index (Phi) is 11.0. The molecule has 0 aromatic rings. The van der Waals surface area contributed by atoms with Crippen LogP contribution in [-0.2, 0) is 9.13 Å². The van der Waals surface area contributed by atoms with E-state index in [0.717, 1.165) is 38.5 Å². The third-order valence-electron chi connectivity index (χ3n) is 3.34. The van der Waals surface area contributed by atoms with E-state index in [0.29, 0.717) is 12.3 Å². The van der Waals surface area contributed by atoms with E-state index < -0.39 is 32.9 Å². The highest BCUT2D eigenvalue weighted by molar-refractivity contribution is 8.27. The number of hydrogen-bond donors (Lipinski definition) is 3. The van der Waals surface area contributed by atoms with Crippen LogP contribution in [0.2, 0.25) is 0 Å². The van der Waals surface area contributed by atoms with Crippen molar-refractivity contribution >= 4 is 14.3 Å². The van der Waals surface area contributed by atoms with Gasteiger partial charge in [-0.1, -0.05) is 44.1 Å². The molecule has 3 N–H and O–H groups in total. The Morgan fingerprint density at radius 3 is 1.80 bits per heavy atom. The monoisotopic (exact) mass is 327 g/mol. The van der Waals surface area contributed by atoms with Gasteiger partial charge in [-0.2, -0.15) is 0 Å². The molecule has 0 amide bonds. The minimum absolute atomic E-state index is 0.356. The van der Waals surface area contributed by atoms with Crippen LogP contribution in [0.5, 0.6) is 0 Å². The van der Waals surface area contributed by atoms with Gasteiger partial charge in [-0.3, -0.25) is 4.57 Å². The minimum atomic E-state index is -3.00. The zero-order valence-corrected chi connectivity index (χ0v) is 14.4. The van der Waals surface area contributed by atoms with Crippen LogP contribution in [-0.4, -0.2) is 46.2 Å². The first kappa shape index (κ1) is 20.2. The normalized spacial score (nSPS) is 15.9. The van der Waals surface area contributed by atoms with Crippen molar-refractivity contribution in [2.24, 2.45) is 0 Å². The van der Waals surface area contributed by atoms with E-state index >= 15 is 0 Å². The summed E-state index contributed by atoms with van der Waals surface area (Å²) in [5, 5.41) is 28.0. The van der Waals surface area contributed by atoms with Crippen molar-refractivity contribution < 1.29 is 24.4 Å². The Labute approximate surface area is 122 Å². The van der Waals surface area contributed by atoms with E-state index in [2.05, 4.69) is 0 Å². The summed E-state index contributed by atoms with van der Waals surface area (Å²) in [7, 11) is -2.41. The summed E-state index contributed by atoms with van der Waals surface area (Å²) in [4.78, 5) is 0. The van der Waals surface area contributed by atoms with Crippen LogP contribution in [0, 0.1) is 0 Å². The second-order valence-electron chi connectivity index (χ2n) is 5.17. The van der Waals surface area contributed by atoms with E-state index in [1.807, 2.05) is 13.8 Å². The SMILES string of the molecule is CCCCCP(=O)(CCCCC)[P+](=O)C(O)C(O)CO. The molecule has 5 nitrogen and oxygen atoms in total. The fourth-order valence-electron chi connectivity index (χ4n) is 1.98. The van der Waals surface area contributed by atoms with E-state index in [1.54, 1.807) is 0 Å². The van der Waals surface area contributed by atoms with Crippen LogP contribution in [0.1, 0.15) is 52.4 Å². The molecule has 3 atom stereocenters. The predicted molar refractivity (Wildman–Crippen MR) is 83.1 cm³/mol. The Balaban J connectivity index is 4.79. The lowest BCUT2D eigenvalue weighted by Crippen LogP contribution is -2.26. The van der Waals surface area contributed by atoms with Gasteiger partial charge in [-0.05, 0) is 12.8 Å². The molecule has 20 heavy (non-hydrogen) atoms. The quantitative estimate of drug-likeness (QED) is 0.378. The molecule has 0 saturated heterocycles. The van der Waals surface area contributed by atoms with Gasteiger partial charge >= 0.3 is 14.3 Å². The number of aliphatic hydroxyl groups is 3. The van der Waals surface area contributed by atoms with Crippen molar-refractivity contribution in [3.05, 3.63) is 0 Å². The molecule has 0 aromatic carbocycles. The molecule has 0 radical (unpaired) electrons. The molecule has 0 aliphatic carbocycles. The molecule has 0 aliphatic heterocycles. The fourth-order valence-corrected chi connectivity index (χ4v) is 8.64. The van der Waals surface area contributed by atoms with Crippen molar-refractivity contribution in [1.29, 1.82) is 0 Å². The Bertz CT molecular complexity index is 308. The van der Waals surface area contributed by atoms with E-state index in [9.17, 15) is 19.3 Å². The maximum atomic E-state index is 12.9. The van der Waals surface area contributed by atoms with Gasteiger partial charge in [0, 0.05) is 12.3 Å². The van der Waals surface area contributed by atoms with Gasteiger partial charge in [-0.25, -0.2) is 0 Å². The van der Waals surface area contributed by atoms with Crippen molar-refractivity contribution in [2.45, 2.75) is 64.3 Å². The van der Waals surface area contributed by atoms with Crippen molar-refractivity contribution in [3.63, 3.8) is 0 Å². The standard InChI is InChI=1S/C13H29O5P2/c1-3-5-7-9-20(18,10-8-6-4-2)19(17)13(16)12(15)11-14/h12-16H,3-11H2,1-2H3/q+1. The van der Waals surface area contributed by atoms with E-state index in [4.69, 9.17) is 5.11 Å². The van der Waals surface area contributed by atoms with Gasteiger partial charge in [-0.15, -0.1) is 0 Å². The van der Waals surface area contributed by atoms with Crippen LogP contribution >= 0.6 is 14.3 Å². The molecule has 0 spiro atoms. The van der Waals surface area contributed by atoms with Crippen LogP contribution in [0.3, 0.4) is 0 Å². The maximum Gasteiger partial charge on any atom is 0.424 e. The highest BCUT2D eigenvalue weighted by Gasteiger charge is 2.50. The van der Waals surface area contributed by atoms with Crippen LogP contribution in [0.15, 0.2) is 0 Å². The molecule has 0 aromatic heterocycles. The first-order valence-corrected chi connectivity index (χ1v) is 11.6. The highest BCUT2D eigenvalue weighted by atomic mass is 32.1. The molecule has 7 heteroatoms. The molecule has 3 unspecified atom stereocenters. The third-order valence-corrected chi connectivity index (χ3v) is 10.9. The lowest BCUT2D eigenvalue weighted by Gasteiger charge is -2.13. The molecule has 0 saturated carbocycles. The van der Waals surface area contributed by atoms with Gasteiger partial charge in [0.15, 0.2) is 0 Å². The topological polar surface area (TPSA) is 94.8 Å². The summed E-state index contributed by atoms with van der Waals surface area (Å²) in [5.41, 5.74) is 0. The molecule has 0 heterocycles. The average molecular weight is 327 g/mol. The van der Waals surface area contributed by atoms with Crippen LogP contribution < -0.4 is 0 Å². The predicted octanol–water partition coefficient (Wildman–Crippen LogP) is 3.14. The Morgan fingerprint density at radius 1 is 1.00 bits per heavy atom. The molecule has 0 bridgehead atoms. The molecule has 0 rings (SSSR count). The zero-order valence-electron chi connectivity index (χ0n) is 12.6. The summed E-state index contributed by atoms with van der Waals surface area (Å²) < 4.78 is 25.2. The molecular weight excluding hydrogens is 298 g/mol. The van der Waals surface area contributed by atoms with E-state index in [-0.39, 0.29) is 0 Å². The van der Waals surface area contributed by atoms with Crippen molar-refractivity contribution in [3.8, 4) is 0 Å². The average Bonchev–Trinajstić information content (AvgIpc) is 2.45. The number of unbranched alkanes of at least 4 members (excludes halogenated alkanes) is 4. The maximum absolute atomic E-state index is 12.9. The third kappa shape index (κ3) is 6.78. The molecular formula is C13H29O5P2+. The Hall–Kier alpha value is 0.210. The van der Waals surface area contributed by atoms with Crippen LogP contribution in [0.25, 0.3) is 0 Å². The van der Waals surface area contributed by atoms with Gasteiger partial charge in [0.25, 0.3) is 5.85 Å². The Morgan fingerprint density at radius 2 is 1.45 bits per heavy atom. The smallest absolute Gasteiger partial charge is 0.393 e. The van der Waals surface area contributed by atoms with Gasteiger partial charge < -0.3 is 15.3 Å². The zero-order chi connectivity index (χ0) is 15.6. The molecule has 120 valence electrons. The second-order valence-corrected chi connectivity index (χ2v) is 12.3. The lowest BCUT2D eigenvalue weighted by molar-refractivity contribution is 0.0254. The summed E-state index contributed by atoms with van der Waals surface area (Å²) >= 11 is 0. The van der Waals surface area contributed by atoms with Gasteiger partial charge in [0.2, 0.25) is 0 Å². The number of rotatable bonds is 12. The second kappa shape index (κ2) is 10.9. The summed E-state index contributed by atoms with van der Waals surface area (Å²) in [6.07, 6.45) is 4.47.